The second-order valence-corrected chi connectivity index (χ2v) is 22.8. The van der Waals surface area contributed by atoms with E-state index in [9.17, 15) is 19.2 Å². The van der Waals surface area contributed by atoms with Gasteiger partial charge in [0.25, 0.3) is 0 Å². The molecule has 0 N–H and O–H groups in total. The summed E-state index contributed by atoms with van der Waals surface area (Å²) in [6, 6.07) is 0. The number of nitrogens with zero attached hydrogens (tertiary/aromatic N) is 4. The molecule has 1 saturated heterocycles. The second kappa shape index (κ2) is 50.9. The van der Waals surface area contributed by atoms with Crippen LogP contribution in [0.5, 0.6) is 0 Å². The highest BCUT2D eigenvalue weighted by atomic mass is 16.5. The second-order valence-electron chi connectivity index (χ2n) is 22.8. The van der Waals surface area contributed by atoms with Gasteiger partial charge in [0.05, 0.1) is 24.2 Å². The van der Waals surface area contributed by atoms with Gasteiger partial charge in [-0.05, 0) is 57.8 Å². The van der Waals surface area contributed by atoms with Crippen LogP contribution in [0, 0.1) is 17.8 Å². The molecule has 1 aliphatic heterocycles. The number of hydrogen-bond acceptors (Lipinski definition) is 12. The van der Waals surface area contributed by atoms with Crippen LogP contribution in [0.15, 0.2) is 0 Å². The van der Waals surface area contributed by atoms with E-state index in [1.807, 2.05) is 0 Å². The SMILES string of the molecule is CCCCCCC(CCCC)OC(=O)CCN1CCN(CCN(CCOC(=O)C(CCCC)CCCCCC)CCN(CCOC(=O)C(CCCC)CCCCCC)CCOC(=O)C(CCCC)CCCCCC)CC1. The predicted octanol–water partition coefficient (Wildman–Crippen LogP) is 14.6. The molecule has 76 heavy (non-hydrogen) atoms. The summed E-state index contributed by atoms with van der Waals surface area (Å²) in [5.74, 6) is -0.423. The lowest BCUT2D eigenvalue weighted by Gasteiger charge is -2.36. The molecule has 1 rings (SSSR count). The predicted molar refractivity (Wildman–Crippen MR) is 317 cm³/mol. The van der Waals surface area contributed by atoms with Crippen molar-refractivity contribution in [3.05, 3.63) is 0 Å². The van der Waals surface area contributed by atoms with Crippen molar-refractivity contribution in [2.24, 2.45) is 17.8 Å². The summed E-state index contributed by atoms with van der Waals surface area (Å²) in [4.78, 5) is 63.4. The molecule has 0 bridgehead atoms. The Labute approximate surface area is 469 Å². The van der Waals surface area contributed by atoms with E-state index in [1.165, 1.54) is 57.8 Å². The minimum atomic E-state index is -0.0755. The Hall–Kier alpha value is -2.28. The lowest BCUT2D eigenvalue weighted by Crippen LogP contribution is -2.49. The van der Waals surface area contributed by atoms with E-state index in [-0.39, 0.29) is 47.7 Å². The molecule has 0 aromatic rings. The first-order chi connectivity index (χ1) is 37.1. The number of hydrogen-bond donors (Lipinski definition) is 0. The first kappa shape index (κ1) is 71.7. The van der Waals surface area contributed by atoms with Crippen LogP contribution < -0.4 is 0 Å². The van der Waals surface area contributed by atoms with Gasteiger partial charge >= 0.3 is 23.9 Å². The van der Waals surface area contributed by atoms with Crippen molar-refractivity contribution in [2.45, 2.75) is 273 Å². The molecule has 0 spiro atoms. The van der Waals surface area contributed by atoms with Gasteiger partial charge in [-0.15, -0.1) is 0 Å². The van der Waals surface area contributed by atoms with Crippen LogP contribution in [-0.2, 0) is 38.1 Å². The molecule has 1 aliphatic rings. The molecule has 448 valence electrons. The van der Waals surface area contributed by atoms with E-state index in [2.05, 4.69) is 75.0 Å². The van der Waals surface area contributed by atoms with Crippen molar-refractivity contribution < 1.29 is 38.1 Å². The Morgan fingerprint density at radius 2 is 0.658 bits per heavy atom. The zero-order valence-corrected chi connectivity index (χ0v) is 51.3. The zero-order chi connectivity index (χ0) is 55.7. The fourth-order valence-corrected chi connectivity index (χ4v) is 10.6. The highest BCUT2D eigenvalue weighted by Crippen LogP contribution is 2.22. The standard InChI is InChI=1S/C64H124N4O8/c1-9-17-25-29-36-57(33-21-13-5)62(70)73-54-51-67(48-47-66-45-43-65(44-46-66)42-41-61(69)76-60(39-24-16-8)40-32-28-20-12-4)49-50-68(52-55-74-63(71)58(34-22-14-6)37-30-26-18-10-2)53-56-75-64(72)59(35-23-15-7)38-31-27-19-11-3/h57-60H,9-56H2,1-8H3. The summed E-state index contributed by atoms with van der Waals surface area (Å²) in [7, 11) is 0. The van der Waals surface area contributed by atoms with Crippen molar-refractivity contribution in [2.75, 3.05) is 98.4 Å². The Balaban J connectivity index is 3.16. The molecule has 1 fully saturated rings. The number of piperazine rings is 1. The highest BCUT2D eigenvalue weighted by Gasteiger charge is 2.25. The van der Waals surface area contributed by atoms with Gasteiger partial charge in [0.2, 0.25) is 0 Å². The average molecular weight is 1080 g/mol. The summed E-state index contributed by atoms with van der Waals surface area (Å²) in [6.45, 7) is 27.9. The van der Waals surface area contributed by atoms with E-state index < -0.39 is 0 Å². The molecule has 0 aromatic carbocycles. The minimum absolute atomic E-state index is 0.0434. The van der Waals surface area contributed by atoms with Crippen molar-refractivity contribution >= 4 is 23.9 Å². The van der Waals surface area contributed by atoms with Crippen LogP contribution in [0.2, 0.25) is 0 Å². The third kappa shape index (κ3) is 38.3. The molecule has 0 saturated carbocycles. The monoisotopic (exact) mass is 1080 g/mol. The van der Waals surface area contributed by atoms with Crippen LogP contribution in [0.4, 0.5) is 0 Å². The van der Waals surface area contributed by atoms with Crippen LogP contribution in [0.25, 0.3) is 0 Å². The van der Waals surface area contributed by atoms with Gasteiger partial charge in [-0.1, -0.05) is 203 Å². The molecule has 0 aliphatic carbocycles. The molecule has 12 nitrogen and oxygen atoms in total. The lowest BCUT2D eigenvalue weighted by molar-refractivity contribution is -0.151. The number of ether oxygens (including phenoxy) is 4. The smallest absolute Gasteiger partial charge is 0.308 e. The van der Waals surface area contributed by atoms with E-state index in [0.29, 0.717) is 52.4 Å². The maximum atomic E-state index is 13.6. The Kier molecular flexibility index (Phi) is 48.0. The summed E-state index contributed by atoms with van der Waals surface area (Å²) in [5, 5.41) is 0. The Morgan fingerprint density at radius 1 is 0.355 bits per heavy atom. The van der Waals surface area contributed by atoms with Crippen LogP contribution in [0.3, 0.4) is 0 Å². The lowest BCUT2D eigenvalue weighted by atomic mass is 9.95. The molecule has 0 aromatic heterocycles. The highest BCUT2D eigenvalue weighted by molar-refractivity contribution is 5.73. The fourth-order valence-electron chi connectivity index (χ4n) is 10.6. The third-order valence-corrected chi connectivity index (χ3v) is 16.0. The van der Waals surface area contributed by atoms with Crippen LogP contribution >= 0.6 is 0 Å². The minimum Gasteiger partial charge on any atom is -0.464 e. The maximum Gasteiger partial charge on any atom is 0.308 e. The van der Waals surface area contributed by atoms with E-state index in [0.717, 1.165) is 200 Å². The molecule has 4 unspecified atom stereocenters. The van der Waals surface area contributed by atoms with Crippen LogP contribution in [0.1, 0.15) is 267 Å². The number of esters is 4. The van der Waals surface area contributed by atoms with E-state index >= 15 is 0 Å². The quantitative estimate of drug-likeness (QED) is 0.0328. The van der Waals surface area contributed by atoms with Crippen molar-refractivity contribution in [3.8, 4) is 0 Å². The molecular weight excluding hydrogens is 953 g/mol. The van der Waals surface area contributed by atoms with Crippen molar-refractivity contribution in [1.29, 1.82) is 0 Å². The van der Waals surface area contributed by atoms with Crippen molar-refractivity contribution in [1.82, 2.24) is 19.6 Å². The van der Waals surface area contributed by atoms with Gasteiger partial charge in [-0.3, -0.25) is 33.9 Å². The number of carbonyl (C=O) groups is 4. The zero-order valence-electron chi connectivity index (χ0n) is 51.3. The third-order valence-electron chi connectivity index (χ3n) is 16.0. The Bertz CT molecular complexity index is 1320. The average Bonchev–Trinajstić information content (AvgIpc) is 3.42. The molecule has 12 heteroatoms. The number of rotatable bonds is 54. The largest absolute Gasteiger partial charge is 0.464 e. The van der Waals surface area contributed by atoms with Crippen LogP contribution in [-0.4, -0.2) is 148 Å². The van der Waals surface area contributed by atoms with Gasteiger partial charge in [0.1, 0.15) is 25.9 Å². The molecule has 0 amide bonds. The number of carbonyl (C=O) groups excluding carboxylic acids is 4. The van der Waals surface area contributed by atoms with Gasteiger partial charge in [0, 0.05) is 78.5 Å². The van der Waals surface area contributed by atoms with Gasteiger partial charge in [0.15, 0.2) is 0 Å². The normalized spacial score (nSPS) is 15.0. The molecular formula is C64H124N4O8. The maximum absolute atomic E-state index is 13.6. The number of unbranched alkanes of at least 4 members (excludes halogenated alkanes) is 16. The van der Waals surface area contributed by atoms with Gasteiger partial charge in [-0.25, -0.2) is 0 Å². The van der Waals surface area contributed by atoms with Gasteiger partial charge in [-0.2, -0.15) is 0 Å². The molecule has 4 atom stereocenters. The topological polar surface area (TPSA) is 118 Å². The van der Waals surface area contributed by atoms with E-state index in [1.54, 1.807) is 0 Å². The summed E-state index contributed by atoms with van der Waals surface area (Å²) < 4.78 is 24.3. The summed E-state index contributed by atoms with van der Waals surface area (Å²) >= 11 is 0. The molecule has 1 heterocycles. The fraction of sp³-hybridized carbons (Fsp3) is 0.938. The van der Waals surface area contributed by atoms with Gasteiger partial charge < -0.3 is 23.8 Å². The first-order valence-electron chi connectivity index (χ1n) is 32.7. The first-order valence-corrected chi connectivity index (χ1v) is 32.7. The summed E-state index contributed by atoms with van der Waals surface area (Å²) in [5.41, 5.74) is 0. The Morgan fingerprint density at radius 3 is 1.03 bits per heavy atom. The summed E-state index contributed by atoms with van der Waals surface area (Å²) in [6.07, 6.45) is 34.7. The van der Waals surface area contributed by atoms with Crippen molar-refractivity contribution in [3.63, 3.8) is 0 Å². The van der Waals surface area contributed by atoms with E-state index in [4.69, 9.17) is 18.9 Å². The molecule has 0 radical (unpaired) electrons.